The van der Waals surface area contributed by atoms with Gasteiger partial charge >= 0.3 is 18.5 Å². The fourth-order valence-electron chi connectivity index (χ4n) is 3.65. The molecule has 8 nitrogen and oxygen atoms in total. The molecular weight excluding hydrogens is 541 g/mol. The smallest absolute Gasteiger partial charge is 0.374 e. The van der Waals surface area contributed by atoms with E-state index in [0.29, 0.717) is 10.9 Å². The highest BCUT2D eigenvalue weighted by Crippen LogP contribution is 2.51. The van der Waals surface area contributed by atoms with Crippen molar-refractivity contribution in [2.24, 2.45) is 12.2 Å². The molecule has 0 saturated carbocycles. The summed E-state index contributed by atoms with van der Waals surface area (Å²) in [5, 5.41) is 10.2. The van der Waals surface area contributed by atoms with Crippen LogP contribution in [0.3, 0.4) is 0 Å². The maximum atomic E-state index is 14.1. The highest BCUT2D eigenvalue weighted by molar-refractivity contribution is 6.04. The van der Waals surface area contributed by atoms with Crippen molar-refractivity contribution in [2.45, 2.75) is 37.5 Å². The molecule has 2 amide bonds. The Morgan fingerprint density at radius 2 is 1.74 bits per heavy atom. The molecule has 1 aromatic heterocycles. The number of halogens is 9. The van der Waals surface area contributed by atoms with Crippen molar-refractivity contribution < 1.29 is 53.9 Å². The molecule has 2 heterocycles. The highest BCUT2D eigenvalue weighted by Gasteiger charge is 2.65. The third-order valence-corrected chi connectivity index (χ3v) is 5.42. The Hall–Kier alpha value is -3.79. The molecule has 0 saturated heterocycles. The number of oxime groups is 1. The zero-order valence-electron chi connectivity index (χ0n) is 19.4. The highest BCUT2D eigenvalue weighted by atomic mass is 19.4. The fourth-order valence-corrected chi connectivity index (χ4v) is 3.65. The van der Waals surface area contributed by atoms with E-state index < -0.39 is 66.7 Å². The number of aryl methyl sites for hydroxylation is 2. The first-order valence-electron chi connectivity index (χ1n) is 10.5. The molecule has 17 heteroatoms. The van der Waals surface area contributed by atoms with Crippen LogP contribution in [0.4, 0.5) is 39.5 Å². The van der Waals surface area contributed by atoms with Crippen molar-refractivity contribution >= 4 is 17.5 Å². The minimum absolute atomic E-state index is 0.00513. The summed E-state index contributed by atoms with van der Waals surface area (Å²) in [5.41, 5.74) is -6.78. The Kier molecular flexibility index (Phi) is 7.44. The zero-order chi connectivity index (χ0) is 28.7. The van der Waals surface area contributed by atoms with Crippen LogP contribution in [-0.4, -0.2) is 52.7 Å². The number of rotatable bonds is 6. The number of alkyl halides is 9. The van der Waals surface area contributed by atoms with Crippen molar-refractivity contribution in [3.8, 4) is 0 Å². The topological polar surface area (TPSA) is 97.6 Å². The fraction of sp³-hybridized carbons (Fsp3) is 0.429. The van der Waals surface area contributed by atoms with Gasteiger partial charge < -0.3 is 15.5 Å². The van der Waals surface area contributed by atoms with Gasteiger partial charge in [0.15, 0.2) is 5.69 Å². The summed E-state index contributed by atoms with van der Waals surface area (Å²) in [6, 6.07) is 3.53. The van der Waals surface area contributed by atoms with Gasteiger partial charge in [-0.3, -0.25) is 14.3 Å². The van der Waals surface area contributed by atoms with Crippen molar-refractivity contribution in [3.63, 3.8) is 0 Å². The summed E-state index contributed by atoms with van der Waals surface area (Å²) in [4.78, 5) is 28.4. The van der Waals surface area contributed by atoms with E-state index in [1.54, 1.807) is 5.32 Å². The van der Waals surface area contributed by atoms with E-state index in [9.17, 15) is 49.1 Å². The van der Waals surface area contributed by atoms with Gasteiger partial charge in [0.1, 0.15) is 6.54 Å². The van der Waals surface area contributed by atoms with Gasteiger partial charge in [-0.2, -0.15) is 44.6 Å². The molecule has 0 spiro atoms. The van der Waals surface area contributed by atoms with Crippen LogP contribution in [0.25, 0.3) is 0 Å². The second-order valence-corrected chi connectivity index (χ2v) is 8.30. The predicted octanol–water partition coefficient (Wildman–Crippen LogP) is 3.74. The molecule has 1 aliphatic heterocycles. The normalized spacial score (nSPS) is 18.1. The van der Waals surface area contributed by atoms with Crippen molar-refractivity contribution in [1.29, 1.82) is 0 Å². The van der Waals surface area contributed by atoms with Gasteiger partial charge in [-0.05, 0) is 30.2 Å². The van der Waals surface area contributed by atoms with Crippen LogP contribution >= 0.6 is 0 Å². The second-order valence-electron chi connectivity index (χ2n) is 8.30. The molecule has 1 unspecified atom stereocenters. The standard InChI is InChI=1S/C21H18F9N5O3/c1-10-5-11(3-4-12(10)17(37)31-7-15(36)32-9-19(22,23)24)14-6-18(38-34-14,21(28,29)30)13-8-35(2)33-16(13)20(25,26)27/h3-5,8H,6-7,9H2,1-2H3,(H,31,37)(H,32,36). The lowest BCUT2D eigenvalue weighted by Gasteiger charge is -2.29. The lowest BCUT2D eigenvalue weighted by molar-refractivity contribution is -0.277. The van der Waals surface area contributed by atoms with Crippen LogP contribution < -0.4 is 10.6 Å². The number of benzene rings is 1. The minimum Gasteiger partial charge on any atom is -0.374 e. The SMILES string of the molecule is Cc1cc(C2=NOC(c3cn(C)nc3C(F)(F)F)(C(F)(F)F)C2)ccc1C(=O)NCC(=O)NCC(F)(F)F. The average molecular weight is 559 g/mol. The molecule has 1 aliphatic rings. The quantitative estimate of drug-likeness (QED) is 0.528. The van der Waals surface area contributed by atoms with Gasteiger partial charge in [0, 0.05) is 18.8 Å². The number of carbonyl (C=O) groups is 2. The number of hydrogen-bond acceptors (Lipinski definition) is 5. The molecule has 208 valence electrons. The Morgan fingerprint density at radius 3 is 2.29 bits per heavy atom. The van der Waals surface area contributed by atoms with Gasteiger partial charge in [0.2, 0.25) is 5.91 Å². The van der Waals surface area contributed by atoms with Crippen molar-refractivity contribution in [2.75, 3.05) is 13.1 Å². The number of hydrogen-bond donors (Lipinski definition) is 2. The van der Waals surface area contributed by atoms with Crippen molar-refractivity contribution in [3.05, 3.63) is 52.3 Å². The number of nitrogens with zero attached hydrogens (tertiary/aromatic N) is 3. The largest absolute Gasteiger partial charge is 0.435 e. The van der Waals surface area contributed by atoms with Gasteiger partial charge in [-0.15, -0.1) is 0 Å². The maximum Gasteiger partial charge on any atom is 0.435 e. The molecule has 3 rings (SSSR count). The van der Waals surface area contributed by atoms with Gasteiger partial charge in [-0.25, -0.2) is 0 Å². The maximum absolute atomic E-state index is 14.1. The summed E-state index contributed by atoms with van der Waals surface area (Å²) >= 11 is 0. The summed E-state index contributed by atoms with van der Waals surface area (Å²) in [6.45, 7) is -1.00. The first-order chi connectivity index (χ1) is 17.3. The van der Waals surface area contributed by atoms with E-state index in [-0.39, 0.29) is 22.4 Å². The van der Waals surface area contributed by atoms with E-state index >= 15 is 0 Å². The average Bonchev–Trinajstić information content (AvgIpc) is 3.40. The van der Waals surface area contributed by atoms with E-state index in [4.69, 9.17) is 0 Å². The Morgan fingerprint density at radius 1 is 1.08 bits per heavy atom. The monoisotopic (exact) mass is 559 g/mol. The predicted molar refractivity (Wildman–Crippen MR) is 111 cm³/mol. The molecule has 2 aromatic rings. The molecule has 38 heavy (non-hydrogen) atoms. The Bertz CT molecular complexity index is 1260. The van der Waals surface area contributed by atoms with Gasteiger partial charge in [-0.1, -0.05) is 11.2 Å². The first-order valence-corrected chi connectivity index (χ1v) is 10.5. The number of nitrogens with one attached hydrogen (secondary N) is 2. The minimum atomic E-state index is -5.33. The van der Waals surface area contributed by atoms with Crippen LogP contribution in [0.15, 0.2) is 29.6 Å². The molecule has 1 aromatic carbocycles. The summed E-state index contributed by atoms with van der Waals surface area (Å²) in [5.74, 6) is -1.98. The molecule has 0 bridgehead atoms. The van der Waals surface area contributed by atoms with Crippen LogP contribution in [0.1, 0.15) is 39.2 Å². The van der Waals surface area contributed by atoms with Crippen LogP contribution in [0.5, 0.6) is 0 Å². The van der Waals surface area contributed by atoms with Crippen LogP contribution in [0, 0.1) is 6.92 Å². The second kappa shape index (κ2) is 9.83. The third kappa shape index (κ3) is 6.02. The van der Waals surface area contributed by atoms with Gasteiger partial charge in [0.25, 0.3) is 11.5 Å². The zero-order valence-corrected chi connectivity index (χ0v) is 19.4. The Labute approximate surface area is 207 Å². The molecule has 1 atom stereocenters. The molecule has 0 aliphatic carbocycles. The van der Waals surface area contributed by atoms with Crippen LogP contribution in [0.2, 0.25) is 0 Å². The Balaban J connectivity index is 1.80. The van der Waals surface area contributed by atoms with Crippen LogP contribution in [-0.2, 0) is 28.5 Å². The van der Waals surface area contributed by atoms with E-state index in [0.717, 1.165) is 19.2 Å². The number of aromatic nitrogens is 2. The molecular formula is C21H18F9N5O3. The van der Waals surface area contributed by atoms with Crippen molar-refractivity contribution in [1.82, 2.24) is 20.4 Å². The number of amides is 2. The lowest BCUT2D eigenvalue weighted by atomic mass is 9.86. The van der Waals surface area contributed by atoms with Gasteiger partial charge in [0.05, 0.1) is 24.2 Å². The first kappa shape index (κ1) is 28.8. The lowest BCUT2D eigenvalue weighted by Crippen LogP contribution is -2.43. The number of carbonyl (C=O) groups excluding carboxylic acids is 2. The molecule has 0 fully saturated rings. The van der Waals surface area contributed by atoms with E-state index in [1.165, 1.54) is 13.0 Å². The summed E-state index contributed by atoms with van der Waals surface area (Å²) < 4.78 is 120. The molecule has 0 radical (unpaired) electrons. The summed E-state index contributed by atoms with van der Waals surface area (Å²) in [7, 11) is 1.02. The van der Waals surface area contributed by atoms with E-state index in [1.807, 2.05) is 0 Å². The van der Waals surface area contributed by atoms with E-state index in [2.05, 4.69) is 20.4 Å². The molecule has 2 N–H and O–H groups in total. The summed E-state index contributed by atoms with van der Waals surface area (Å²) in [6.07, 6.45) is -15.8. The third-order valence-electron chi connectivity index (χ3n) is 5.42.